The van der Waals surface area contributed by atoms with Crippen LogP contribution in [0.4, 0.5) is 0 Å². The molecule has 4 nitrogen and oxygen atoms in total. The second-order valence-corrected chi connectivity index (χ2v) is 3.60. The van der Waals surface area contributed by atoms with Crippen LogP contribution in [0.5, 0.6) is 0 Å². The quantitative estimate of drug-likeness (QED) is 0.655. The van der Waals surface area contributed by atoms with Crippen molar-refractivity contribution in [3.05, 3.63) is 18.0 Å². The normalized spacial score (nSPS) is 13.1. The summed E-state index contributed by atoms with van der Waals surface area (Å²) in [4.78, 5) is 0. The first kappa shape index (κ1) is 11.2. The minimum Gasteiger partial charge on any atom is -0.390 e. The maximum atomic E-state index is 9.62. The van der Waals surface area contributed by atoms with Crippen molar-refractivity contribution >= 4 is 0 Å². The Kier molecular flexibility index (Phi) is 4.62. The number of aliphatic hydroxyl groups excluding tert-OH is 1. The number of nitrogens with one attached hydrogen (secondary N) is 1. The number of aryl methyl sites for hydroxylation is 1. The van der Waals surface area contributed by atoms with Gasteiger partial charge in [-0.25, -0.2) is 0 Å². The van der Waals surface area contributed by atoms with Gasteiger partial charge in [-0.3, -0.25) is 4.68 Å². The van der Waals surface area contributed by atoms with Gasteiger partial charge in [0.2, 0.25) is 0 Å². The molecule has 0 aliphatic carbocycles. The van der Waals surface area contributed by atoms with Crippen molar-refractivity contribution in [1.82, 2.24) is 15.1 Å². The smallest absolute Gasteiger partial charge is 0.0860 e. The molecular formula is C10H19N3O. The highest BCUT2D eigenvalue weighted by atomic mass is 16.3. The summed E-state index contributed by atoms with van der Waals surface area (Å²) in [6.45, 7) is 6.24. The maximum absolute atomic E-state index is 9.62. The van der Waals surface area contributed by atoms with Crippen molar-refractivity contribution in [2.45, 2.75) is 32.9 Å². The topological polar surface area (TPSA) is 50.1 Å². The molecule has 0 amide bonds. The van der Waals surface area contributed by atoms with Crippen LogP contribution in [0.15, 0.2) is 12.4 Å². The van der Waals surface area contributed by atoms with E-state index in [4.69, 9.17) is 0 Å². The van der Waals surface area contributed by atoms with E-state index >= 15 is 0 Å². The molecule has 0 aliphatic rings. The molecule has 0 aromatic carbocycles. The Morgan fingerprint density at radius 2 is 2.43 bits per heavy atom. The second-order valence-electron chi connectivity index (χ2n) is 3.60. The molecule has 80 valence electrons. The van der Waals surface area contributed by atoms with Crippen molar-refractivity contribution in [1.29, 1.82) is 0 Å². The van der Waals surface area contributed by atoms with Crippen LogP contribution in [0.3, 0.4) is 0 Å². The molecule has 4 heteroatoms. The Bertz CT molecular complexity index is 260. The SMILES string of the molecule is CCCNCC(O)Cn1cc(C)cn1. The fourth-order valence-electron chi connectivity index (χ4n) is 1.29. The predicted molar refractivity (Wildman–Crippen MR) is 56.1 cm³/mol. The summed E-state index contributed by atoms with van der Waals surface area (Å²) in [5.41, 5.74) is 1.12. The van der Waals surface area contributed by atoms with Gasteiger partial charge in [-0.05, 0) is 25.5 Å². The van der Waals surface area contributed by atoms with Crippen molar-refractivity contribution in [2.24, 2.45) is 0 Å². The number of rotatable bonds is 6. The van der Waals surface area contributed by atoms with Gasteiger partial charge in [0.05, 0.1) is 18.8 Å². The van der Waals surface area contributed by atoms with E-state index in [0.717, 1.165) is 18.5 Å². The van der Waals surface area contributed by atoms with Gasteiger partial charge in [0.25, 0.3) is 0 Å². The van der Waals surface area contributed by atoms with E-state index in [1.807, 2.05) is 13.1 Å². The first-order chi connectivity index (χ1) is 6.72. The molecule has 0 saturated heterocycles. The Hall–Kier alpha value is -0.870. The lowest BCUT2D eigenvalue weighted by Gasteiger charge is -2.11. The van der Waals surface area contributed by atoms with Crippen LogP contribution in [0.2, 0.25) is 0 Å². The molecule has 1 unspecified atom stereocenters. The minimum atomic E-state index is -0.360. The van der Waals surface area contributed by atoms with Gasteiger partial charge >= 0.3 is 0 Å². The van der Waals surface area contributed by atoms with E-state index < -0.39 is 0 Å². The van der Waals surface area contributed by atoms with Crippen molar-refractivity contribution in [3.8, 4) is 0 Å². The van der Waals surface area contributed by atoms with Crippen molar-refractivity contribution < 1.29 is 5.11 Å². The summed E-state index contributed by atoms with van der Waals surface area (Å²) >= 11 is 0. The third kappa shape index (κ3) is 3.89. The predicted octanol–water partition coefficient (Wildman–Crippen LogP) is 0.552. The zero-order chi connectivity index (χ0) is 10.4. The maximum Gasteiger partial charge on any atom is 0.0860 e. The summed E-state index contributed by atoms with van der Waals surface area (Å²) in [6, 6.07) is 0. The molecule has 1 atom stereocenters. The van der Waals surface area contributed by atoms with Crippen LogP contribution in [0.25, 0.3) is 0 Å². The Balaban J connectivity index is 2.23. The number of aliphatic hydroxyl groups is 1. The van der Waals surface area contributed by atoms with Gasteiger partial charge in [0, 0.05) is 12.7 Å². The van der Waals surface area contributed by atoms with Gasteiger partial charge in [-0.1, -0.05) is 6.92 Å². The fraction of sp³-hybridized carbons (Fsp3) is 0.700. The summed E-state index contributed by atoms with van der Waals surface area (Å²) < 4.78 is 1.77. The van der Waals surface area contributed by atoms with Crippen LogP contribution in [0, 0.1) is 6.92 Å². The Morgan fingerprint density at radius 3 is 3.00 bits per heavy atom. The van der Waals surface area contributed by atoms with E-state index in [9.17, 15) is 5.11 Å². The van der Waals surface area contributed by atoms with Crippen molar-refractivity contribution in [3.63, 3.8) is 0 Å². The van der Waals surface area contributed by atoms with E-state index in [2.05, 4.69) is 17.3 Å². The van der Waals surface area contributed by atoms with Crippen LogP contribution in [0.1, 0.15) is 18.9 Å². The summed E-state index contributed by atoms with van der Waals surface area (Å²) in [5, 5.41) is 16.9. The van der Waals surface area contributed by atoms with Gasteiger partial charge in [0.1, 0.15) is 0 Å². The average Bonchev–Trinajstić information content (AvgIpc) is 2.52. The summed E-state index contributed by atoms with van der Waals surface area (Å²) in [7, 11) is 0. The second kappa shape index (κ2) is 5.78. The number of hydrogen-bond acceptors (Lipinski definition) is 3. The molecule has 0 fully saturated rings. The number of hydrogen-bond donors (Lipinski definition) is 2. The van der Waals surface area contributed by atoms with E-state index in [1.54, 1.807) is 10.9 Å². The van der Waals surface area contributed by atoms with Gasteiger partial charge in [-0.15, -0.1) is 0 Å². The Labute approximate surface area is 84.9 Å². The molecule has 1 rings (SSSR count). The van der Waals surface area contributed by atoms with Crippen molar-refractivity contribution in [2.75, 3.05) is 13.1 Å². The summed E-state index contributed by atoms with van der Waals surface area (Å²) in [5.74, 6) is 0. The molecule has 14 heavy (non-hydrogen) atoms. The first-order valence-electron chi connectivity index (χ1n) is 5.10. The largest absolute Gasteiger partial charge is 0.390 e. The van der Waals surface area contributed by atoms with Crippen LogP contribution < -0.4 is 5.32 Å². The van der Waals surface area contributed by atoms with Crippen LogP contribution >= 0.6 is 0 Å². The minimum absolute atomic E-state index is 0.360. The molecule has 0 spiro atoms. The molecule has 1 heterocycles. The van der Waals surface area contributed by atoms with Crippen LogP contribution in [-0.2, 0) is 6.54 Å². The highest BCUT2D eigenvalue weighted by Gasteiger charge is 2.04. The molecular weight excluding hydrogens is 178 g/mol. The van der Waals surface area contributed by atoms with E-state index in [0.29, 0.717) is 13.1 Å². The lowest BCUT2D eigenvalue weighted by Crippen LogP contribution is -2.30. The lowest BCUT2D eigenvalue weighted by molar-refractivity contribution is 0.147. The highest BCUT2D eigenvalue weighted by Crippen LogP contribution is 1.95. The molecule has 1 aromatic rings. The molecule has 0 aliphatic heterocycles. The molecule has 0 saturated carbocycles. The third-order valence-corrected chi connectivity index (χ3v) is 1.97. The van der Waals surface area contributed by atoms with Gasteiger partial charge in [-0.2, -0.15) is 5.10 Å². The molecule has 0 radical (unpaired) electrons. The fourth-order valence-corrected chi connectivity index (χ4v) is 1.29. The zero-order valence-corrected chi connectivity index (χ0v) is 8.90. The number of nitrogens with zero attached hydrogens (tertiary/aromatic N) is 2. The number of aromatic nitrogens is 2. The third-order valence-electron chi connectivity index (χ3n) is 1.97. The molecule has 1 aromatic heterocycles. The molecule has 0 bridgehead atoms. The summed E-state index contributed by atoms with van der Waals surface area (Å²) in [6.07, 6.45) is 4.46. The first-order valence-corrected chi connectivity index (χ1v) is 5.10. The van der Waals surface area contributed by atoms with Crippen LogP contribution in [-0.4, -0.2) is 34.1 Å². The molecule has 2 N–H and O–H groups in total. The average molecular weight is 197 g/mol. The Morgan fingerprint density at radius 1 is 1.64 bits per heavy atom. The zero-order valence-electron chi connectivity index (χ0n) is 8.90. The standard InChI is InChI=1S/C10H19N3O/c1-3-4-11-6-10(14)8-13-7-9(2)5-12-13/h5,7,10-11,14H,3-4,6,8H2,1-2H3. The van der Waals surface area contributed by atoms with E-state index in [1.165, 1.54) is 0 Å². The monoisotopic (exact) mass is 197 g/mol. The van der Waals surface area contributed by atoms with E-state index in [-0.39, 0.29) is 6.10 Å². The van der Waals surface area contributed by atoms with Gasteiger partial charge < -0.3 is 10.4 Å². The highest BCUT2D eigenvalue weighted by molar-refractivity contribution is 4.99. The van der Waals surface area contributed by atoms with Gasteiger partial charge in [0.15, 0.2) is 0 Å². The lowest BCUT2D eigenvalue weighted by atomic mass is 10.3.